The fourth-order valence-electron chi connectivity index (χ4n) is 3.80. The number of hydrogen-bond acceptors (Lipinski definition) is 7. The van der Waals surface area contributed by atoms with Crippen LogP contribution in [0.15, 0.2) is 42.7 Å². The number of fused-ring (bicyclic) bond motifs is 1. The normalized spacial score (nSPS) is 18.4. The summed E-state index contributed by atoms with van der Waals surface area (Å²) in [5.41, 5.74) is 1.09. The molecule has 0 bridgehead atoms. The number of pyridine rings is 1. The maximum absolute atomic E-state index is 11.8. The van der Waals surface area contributed by atoms with Gasteiger partial charge in [-0.2, -0.15) is 0 Å². The van der Waals surface area contributed by atoms with Crippen LogP contribution in [0.2, 0.25) is 0 Å². The molecule has 4 rings (SSSR count). The third-order valence-electron chi connectivity index (χ3n) is 5.60. The topological polar surface area (TPSA) is 98.3 Å². The quantitative estimate of drug-likeness (QED) is 0.616. The molecule has 1 fully saturated rings. The van der Waals surface area contributed by atoms with Crippen molar-refractivity contribution in [1.82, 2.24) is 20.3 Å². The number of amides is 1. The molecular weight excluding hydrogens is 406 g/mol. The Morgan fingerprint density at radius 2 is 2.00 bits per heavy atom. The molecule has 1 aliphatic rings. The van der Waals surface area contributed by atoms with Crippen molar-refractivity contribution in [3.05, 3.63) is 48.4 Å². The van der Waals surface area contributed by atoms with Gasteiger partial charge in [-0.15, -0.1) is 0 Å². The highest BCUT2D eigenvalue weighted by molar-refractivity contribution is 5.92. The molecule has 1 atom stereocenters. The van der Waals surface area contributed by atoms with E-state index in [1.54, 1.807) is 31.6 Å². The van der Waals surface area contributed by atoms with Crippen LogP contribution >= 0.6 is 0 Å². The first kappa shape index (κ1) is 22.0. The van der Waals surface area contributed by atoms with Crippen LogP contribution in [-0.2, 0) is 4.74 Å². The summed E-state index contributed by atoms with van der Waals surface area (Å²) in [6.45, 7) is 5.04. The highest BCUT2D eigenvalue weighted by Crippen LogP contribution is 2.27. The Labute approximate surface area is 187 Å². The van der Waals surface area contributed by atoms with E-state index >= 15 is 0 Å². The average Bonchev–Trinajstić information content (AvgIpc) is 2.77. The van der Waals surface area contributed by atoms with Crippen molar-refractivity contribution >= 4 is 22.8 Å². The summed E-state index contributed by atoms with van der Waals surface area (Å²) < 4.78 is 11.9. The molecule has 2 N–H and O–H groups in total. The zero-order valence-electron chi connectivity index (χ0n) is 18.7. The molecule has 3 heterocycles. The number of benzene rings is 1. The number of ether oxygens (including phenoxy) is 2. The Bertz CT molecular complexity index is 1090. The van der Waals surface area contributed by atoms with Gasteiger partial charge < -0.3 is 20.1 Å². The average molecular weight is 436 g/mol. The van der Waals surface area contributed by atoms with Crippen LogP contribution in [0.3, 0.4) is 0 Å². The van der Waals surface area contributed by atoms with Crippen molar-refractivity contribution in [2.24, 2.45) is 0 Å². The second kappa shape index (κ2) is 9.48. The summed E-state index contributed by atoms with van der Waals surface area (Å²) >= 11 is 0. The Morgan fingerprint density at radius 3 is 2.84 bits per heavy atom. The molecule has 0 radical (unpaired) electrons. The smallest absolute Gasteiger partial charge is 0.269 e. The van der Waals surface area contributed by atoms with E-state index in [0.29, 0.717) is 29.2 Å². The standard InChI is InChI=1S/C24H29N5O3/c1-24(2)10-4-5-17(9-12-31-24)28-23-27-15-16-13-18(6-7-20(16)29-23)32-19-8-11-26-21(14-19)22(30)25-3/h6-8,11,13-15,17H,4-5,9-10,12H2,1-3H3,(H,25,30)(H,27,28,29). The zero-order chi connectivity index (χ0) is 22.6. The van der Waals surface area contributed by atoms with Gasteiger partial charge in [0.1, 0.15) is 17.2 Å². The van der Waals surface area contributed by atoms with Gasteiger partial charge in [0.05, 0.1) is 11.1 Å². The minimum Gasteiger partial charge on any atom is -0.457 e. The van der Waals surface area contributed by atoms with E-state index in [4.69, 9.17) is 9.47 Å². The summed E-state index contributed by atoms with van der Waals surface area (Å²) in [4.78, 5) is 25.0. The molecule has 1 aromatic carbocycles. The highest BCUT2D eigenvalue weighted by atomic mass is 16.5. The van der Waals surface area contributed by atoms with E-state index in [-0.39, 0.29) is 11.5 Å². The van der Waals surface area contributed by atoms with Crippen molar-refractivity contribution in [1.29, 1.82) is 0 Å². The van der Waals surface area contributed by atoms with Gasteiger partial charge in [-0.3, -0.25) is 9.78 Å². The van der Waals surface area contributed by atoms with Gasteiger partial charge in [0.15, 0.2) is 0 Å². The van der Waals surface area contributed by atoms with Gasteiger partial charge in [-0.1, -0.05) is 0 Å². The molecule has 0 aliphatic carbocycles. The van der Waals surface area contributed by atoms with Crippen molar-refractivity contribution in [3.63, 3.8) is 0 Å². The van der Waals surface area contributed by atoms with E-state index in [1.165, 1.54) is 0 Å². The first-order valence-electron chi connectivity index (χ1n) is 11.0. The van der Waals surface area contributed by atoms with Gasteiger partial charge in [-0.05, 0) is 63.8 Å². The Morgan fingerprint density at radius 1 is 1.16 bits per heavy atom. The van der Waals surface area contributed by atoms with Crippen LogP contribution in [0.5, 0.6) is 11.5 Å². The second-order valence-corrected chi connectivity index (χ2v) is 8.60. The second-order valence-electron chi connectivity index (χ2n) is 8.60. The van der Waals surface area contributed by atoms with Crippen molar-refractivity contribution in [2.45, 2.75) is 51.2 Å². The highest BCUT2D eigenvalue weighted by Gasteiger charge is 2.23. The minimum atomic E-state index is -0.262. The van der Waals surface area contributed by atoms with E-state index in [0.717, 1.165) is 43.2 Å². The Kier molecular flexibility index (Phi) is 6.50. The van der Waals surface area contributed by atoms with Crippen LogP contribution in [0.1, 0.15) is 50.0 Å². The van der Waals surface area contributed by atoms with Crippen LogP contribution < -0.4 is 15.4 Å². The predicted octanol–water partition coefficient (Wildman–Crippen LogP) is 4.33. The lowest BCUT2D eigenvalue weighted by molar-refractivity contribution is -0.0342. The number of nitrogens with one attached hydrogen (secondary N) is 2. The number of rotatable bonds is 5. The van der Waals surface area contributed by atoms with Crippen molar-refractivity contribution < 1.29 is 14.3 Å². The summed E-state index contributed by atoms with van der Waals surface area (Å²) in [6.07, 6.45) is 7.50. The third-order valence-corrected chi connectivity index (χ3v) is 5.60. The molecule has 1 aliphatic heterocycles. The van der Waals surface area contributed by atoms with Crippen LogP contribution in [0.25, 0.3) is 10.9 Å². The molecule has 8 heteroatoms. The van der Waals surface area contributed by atoms with Gasteiger partial charge in [0, 0.05) is 43.5 Å². The lowest BCUT2D eigenvalue weighted by Crippen LogP contribution is -2.32. The first-order valence-corrected chi connectivity index (χ1v) is 11.0. The number of anilines is 1. The number of aromatic nitrogens is 3. The monoisotopic (exact) mass is 435 g/mol. The van der Waals surface area contributed by atoms with Crippen molar-refractivity contribution in [3.8, 4) is 11.5 Å². The predicted molar refractivity (Wildman–Crippen MR) is 123 cm³/mol. The molecule has 0 saturated carbocycles. The number of hydrogen-bond donors (Lipinski definition) is 2. The summed E-state index contributed by atoms with van der Waals surface area (Å²) in [5, 5.41) is 6.89. The SMILES string of the molecule is CNC(=O)c1cc(Oc2ccc3nc(NC4CCCC(C)(C)OCC4)ncc3c2)ccn1. The molecule has 3 aromatic rings. The fourth-order valence-corrected chi connectivity index (χ4v) is 3.80. The number of carbonyl (C=O) groups excluding carboxylic acids is 1. The maximum atomic E-state index is 11.8. The van der Waals surface area contributed by atoms with Gasteiger partial charge >= 0.3 is 0 Å². The zero-order valence-corrected chi connectivity index (χ0v) is 18.7. The lowest BCUT2D eigenvalue weighted by Gasteiger charge is -2.30. The molecule has 168 valence electrons. The lowest BCUT2D eigenvalue weighted by atomic mass is 9.96. The fraction of sp³-hybridized carbons (Fsp3) is 0.417. The molecule has 1 amide bonds. The van der Waals surface area contributed by atoms with Crippen LogP contribution in [0, 0.1) is 0 Å². The summed E-state index contributed by atoms with van der Waals surface area (Å²) in [7, 11) is 1.57. The van der Waals surface area contributed by atoms with E-state index in [2.05, 4.69) is 39.4 Å². The largest absolute Gasteiger partial charge is 0.457 e. The number of carbonyl (C=O) groups is 1. The third kappa shape index (κ3) is 5.50. The minimum absolute atomic E-state index is 0.0373. The molecule has 1 saturated heterocycles. The Balaban J connectivity index is 1.44. The van der Waals surface area contributed by atoms with Gasteiger partial charge in [-0.25, -0.2) is 9.97 Å². The van der Waals surface area contributed by atoms with E-state index in [1.807, 2.05) is 18.2 Å². The van der Waals surface area contributed by atoms with Crippen LogP contribution in [-0.4, -0.2) is 46.2 Å². The maximum Gasteiger partial charge on any atom is 0.269 e. The number of nitrogens with zero attached hydrogens (tertiary/aromatic N) is 3. The van der Waals surface area contributed by atoms with E-state index in [9.17, 15) is 4.79 Å². The molecule has 1 unspecified atom stereocenters. The molecule has 8 nitrogen and oxygen atoms in total. The Hall–Kier alpha value is -3.26. The van der Waals surface area contributed by atoms with Gasteiger partial charge in [0.2, 0.25) is 5.95 Å². The molecule has 32 heavy (non-hydrogen) atoms. The summed E-state index contributed by atoms with van der Waals surface area (Å²) in [5.74, 6) is 1.53. The first-order chi connectivity index (χ1) is 15.4. The van der Waals surface area contributed by atoms with Gasteiger partial charge in [0.25, 0.3) is 5.91 Å². The molecule has 2 aromatic heterocycles. The van der Waals surface area contributed by atoms with Crippen LogP contribution in [0.4, 0.5) is 5.95 Å². The summed E-state index contributed by atoms with van der Waals surface area (Å²) in [6, 6.07) is 9.25. The van der Waals surface area contributed by atoms with E-state index < -0.39 is 0 Å². The molecular formula is C24H29N5O3. The molecule has 0 spiro atoms. The van der Waals surface area contributed by atoms with Crippen molar-refractivity contribution in [2.75, 3.05) is 19.0 Å².